The van der Waals surface area contributed by atoms with Crippen LogP contribution in [-0.2, 0) is 85.9 Å². The number of hydrogen-bond acceptors (Lipinski definition) is 18. The number of ether oxygens (including phenoxy) is 8. The molecule has 0 spiro atoms. The second-order valence-corrected chi connectivity index (χ2v) is 24.3. The highest BCUT2D eigenvalue weighted by Crippen LogP contribution is 2.48. The number of allylic oxidation sites excluding steroid dienone is 5. The molecule has 19 nitrogen and oxygen atoms in total. The molecule has 6 aliphatic rings. The molecule has 3 aromatic rings. The molecule has 19 heteroatoms. The van der Waals surface area contributed by atoms with Gasteiger partial charge in [0.1, 0.15) is 53.9 Å². The molecule has 0 unspecified atom stereocenters. The van der Waals surface area contributed by atoms with Gasteiger partial charge in [0, 0.05) is 38.2 Å². The maximum Gasteiger partial charge on any atom is 0.306 e. The summed E-state index contributed by atoms with van der Waals surface area (Å²) < 4.78 is 45.7. The number of aldehydes is 2. The standard InChI is InChI=1S/C20H26O5.C17H20O5.C13H20O3.C12H18O4.C8H10O2/c1-4-16-14(11-17-19(16)25-20(2,3)24-17)12-18(22)23-10-9-13-5-7-15(21)8-6-13;1-2-14(12-19)15(7-9-18)11-17(21)22-10-8-13-3-5-16(20)6-4-13;1-5-10-9(6-8(2)14)7-11-12(10)16-13(3,4)15-11;1-4-8-7(6-10(13)14)5-9-11(8)16-12(2,3)15-9;9-6-5-7-1-3-8(10)4-2-7/h4-8,14,17,19,21H,9-12H2,1-3H3;2-6,9,12,15,20H,7-8,10-11H2,1H3;5,9,11-12H,6-7H2,1-4H3;4,7,9,11H,5-6H2,1-3H3,(H,13,14);1-4,9-10H,5-6H2/b16-4+;14-2-;10-5+;8-4+;/t14-,17+,19-;15-;9-,11-,12+;7-,9+,11-;/m1101./s1. The summed E-state index contributed by atoms with van der Waals surface area (Å²) in [5.74, 6) is -1.98. The van der Waals surface area contributed by atoms with Crippen molar-refractivity contribution in [2.45, 2.75) is 201 Å². The summed E-state index contributed by atoms with van der Waals surface area (Å²) in [6.45, 7) is 21.5. The molecule has 6 fully saturated rings. The van der Waals surface area contributed by atoms with E-state index in [2.05, 4.69) is 6.08 Å². The van der Waals surface area contributed by atoms with Gasteiger partial charge in [0.15, 0.2) is 17.4 Å². The van der Waals surface area contributed by atoms with E-state index in [1.54, 1.807) is 80.6 Å². The fourth-order valence-corrected chi connectivity index (χ4v) is 12.2. The van der Waals surface area contributed by atoms with Crippen LogP contribution in [0.25, 0.3) is 0 Å². The Kier molecular flexibility index (Phi) is 28.2. The van der Waals surface area contributed by atoms with E-state index in [9.17, 15) is 39.0 Å². The van der Waals surface area contributed by atoms with Crippen molar-refractivity contribution in [3.8, 4) is 17.2 Å². The molecule has 3 heterocycles. The van der Waals surface area contributed by atoms with Crippen molar-refractivity contribution in [1.82, 2.24) is 0 Å². The molecule has 0 aromatic heterocycles. The Balaban J connectivity index is 0.000000208. The van der Waals surface area contributed by atoms with Gasteiger partial charge in [-0.1, -0.05) is 60.7 Å². The van der Waals surface area contributed by atoms with Crippen molar-refractivity contribution in [2.24, 2.45) is 23.7 Å². The van der Waals surface area contributed by atoms with Crippen LogP contribution in [0.1, 0.15) is 144 Å². The van der Waals surface area contributed by atoms with E-state index in [1.807, 2.05) is 86.6 Å². The molecule has 89 heavy (non-hydrogen) atoms. The summed E-state index contributed by atoms with van der Waals surface area (Å²) in [5, 5.41) is 44.7. The van der Waals surface area contributed by atoms with Crippen LogP contribution in [0, 0.1) is 23.7 Å². The largest absolute Gasteiger partial charge is 0.508 e. The Bertz CT molecular complexity index is 2850. The maximum absolute atomic E-state index is 12.2. The molecule has 488 valence electrons. The number of carboxylic acids is 1. The number of carbonyl (C=O) groups is 6. The SMILES string of the molecule is C/C=C(/C=O)[C@H](CC=O)CC(=O)OCCc1ccc(O)cc1.C/C=C1\[C@@H](CC(=O)O)C[C@@H]2OC(C)(C)O[C@H]12.C/C=C1\[C@@H](CC(=O)OCCc2ccc(O)cc2)C[C@@H]2OC(C)(C)O[C@H]12.C/C=C1\[C@@H](CC(C)=O)C[C@@H]2OC(C)(C)O[C@H]12.OCCc1ccc(O)cc1. The summed E-state index contributed by atoms with van der Waals surface area (Å²) in [4.78, 5) is 67.5. The van der Waals surface area contributed by atoms with Gasteiger partial charge in [-0.15, -0.1) is 0 Å². The van der Waals surface area contributed by atoms with E-state index in [0.717, 1.165) is 47.1 Å². The first-order valence-corrected chi connectivity index (χ1v) is 30.7. The zero-order chi connectivity index (χ0) is 65.6. The predicted molar refractivity (Wildman–Crippen MR) is 332 cm³/mol. The van der Waals surface area contributed by atoms with Gasteiger partial charge in [-0.05, 0) is 195 Å². The first kappa shape index (κ1) is 72.9. The van der Waals surface area contributed by atoms with Gasteiger partial charge in [0.25, 0.3) is 0 Å². The maximum atomic E-state index is 12.2. The number of Topliss-reactive ketones (excluding diaryl/α,β-unsaturated/α-hetero) is 1. The first-order chi connectivity index (χ1) is 42.2. The minimum Gasteiger partial charge on any atom is -0.508 e. The van der Waals surface area contributed by atoms with Crippen molar-refractivity contribution in [1.29, 1.82) is 0 Å². The number of hydrogen-bond donors (Lipinski definition) is 5. The van der Waals surface area contributed by atoms with Gasteiger partial charge in [-0.2, -0.15) is 0 Å². The molecule has 10 atom stereocenters. The monoisotopic (exact) mass is 1240 g/mol. The number of aliphatic carboxylic acids is 1. The number of fused-ring (bicyclic) bond motifs is 3. The Morgan fingerprint density at radius 1 is 0.539 bits per heavy atom. The number of phenols is 3. The van der Waals surface area contributed by atoms with Gasteiger partial charge in [0.2, 0.25) is 0 Å². The second-order valence-electron chi connectivity index (χ2n) is 24.3. The van der Waals surface area contributed by atoms with Gasteiger partial charge in [-0.3, -0.25) is 19.2 Å². The highest BCUT2D eigenvalue weighted by Gasteiger charge is 2.52. The number of benzene rings is 3. The van der Waals surface area contributed by atoms with Crippen LogP contribution in [0.2, 0.25) is 0 Å². The molecule has 0 amide bonds. The van der Waals surface area contributed by atoms with Crippen LogP contribution in [0.4, 0.5) is 0 Å². The molecular formula is C70H94O19. The average Bonchev–Trinajstić information content (AvgIpc) is 1.78. The summed E-state index contributed by atoms with van der Waals surface area (Å²) >= 11 is 0. The van der Waals surface area contributed by atoms with E-state index in [4.69, 9.17) is 53.2 Å². The van der Waals surface area contributed by atoms with E-state index in [-0.39, 0.29) is 110 Å². The highest BCUT2D eigenvalue weighted by atomic mass is 16.8. The normalized spacial score (nSPS) is 26.3. The molecule has 0 bridgehead atoms. The third kappa shape index (κ3) is 22.9. The Morgan fingerprint density at radius 3 is 1.22 bits per heavy atom. The van der Waals surface area contributed by atoms with E-state index in [1.165, 1.54) is 5.57 Å². The number of aliphatic hydroxyl groups excluding tert-OH is 1. The molecule has 3 saturated heterocycles. The molecule has 9 rings (SSSR count). The number of carbonyl (C=O) groups excluding carboxylic acids is 5. The Hall–Kier alpha value is -6.84. The lowest BCUT2D eigenvalue weighted by Gasteiger charge is -2.21. The summed E-state index contributed by atoms with van der Waals surface area (Å²) in [6.07, 6.45) is 14.7. The number of phenolic OH excluding ortho intramolecular Hbond substituents is 3. The summed E-state index contributed by atoms with van der Waals surface area (Å²) in [7, 11) is 0. The topological polar surface area (TPSA) is 277 Å². The van der Waals surface area contributed by atoms with Gasteiger partial charge < -0.3 is 73.0 Å². The zero-order valence-corrected chi connectivity index (χ0v) is 53.5. The molecular weight excluding hydrogens is 1140 g/mol. The van der Waals surface area contributed by atoms with E-state index >= 15 is 0 Å². The quantitative estimate of drug-likeness (QED) is 0.0304. The molecule has 3 saturated carbocycles. The molecule has 0 radical (unpaired) electrons. The smallest absolute Gasteiger partial charge is 0.306 e. The minimum absolute atomic E-state index is 0.00668. The van der Waals surface area contributed by atoms with Crippen molar-refractivity contribution in [3.63, 3.8) is 0 Å². The van der Waals surface area contributed by atoms with Crippen molar-refractivity contribution < 1.29 is 92.2 Å². The number of carboxylic acid groups (broad SMARTS) is 1. The van der Waals surface area contributed by atoms with Gasteiger partial charge in [0.05, 0.1) is 50.8 Å². The van der Waals surface area contributed by atoms with Crippen LogP contribution in [0.5, 0.6) is 17.2 Å². The average molecular weight is 1240 g/mol. The minimum atomic E-state index is -0.761. The number of aliphatic hydroxyl groups is 1. The van der Waals surface area contributed by atoms with Crippen LogP contribution < -0.4 is 0 Å². The van der Waals surface area contributed by atoms with Crippen molar-refractivity contribution >= 4 is 36.3 Å². The number of aromatic hydroxyl groups is 3. The third-order valence-electron chi connectivity index (χ3n) is 16.1. The zero-order valence-electron chi connectivity index (χ0n) is 53.5. The number of rotatable bonds is 20. The molecule has 5 N–H and O–H groups in total. The van der Waals surface area contributed by atoms with Crippen LogP contribution >= 0.6 is 0 Å². The van der Waals surface area contributed by atoms with Crippen molar-refractivity contribution in [2.75, 3.05) is 19.8 Å². The second kappa shape index (κ2) is 34.4. The highest BCUT2D eigenvalue weighted by molar-refractivity contribution is 5.79. The summed E-state index contributed by atoms with van der Waals surface area (Å²) in [5.41, 5.74) is 6.91. The lowest BCUT2D eigenvalue weighted by atomic mass is 9.93. The molecule has 3 aromatic carbocycles. The first-order valence-electron chi connectivity index (χ1n) is 30.7. The van der Waals surface area contributed by atoms with Crippen LogP contribution in [0.3, 0.4) is 0 Å². The van der Waals surface area contributed by atoms with E-state index in [0.29, 0.717) is 62.8 Å². The Labute approximate surface area is 524 Å². The van der Waals surface area contributed by atoms with Crippen molar-refractivity contribution in [3.05, 3.63) is 136 Å². The summed E-state index contributed by atoms with van der Waals surface area (Å²) in [6, 6.07) is 20.4. The number of esters is 2. The molecule has 3 aliphatic carbocycles. The number of ketones is 1. The van der Waals surface area contributed by atoms with E-state index < -0.39 is 35.2 Å². The molecule has 3 aliphatic heterocycles. The Morgan fingerprint density at radius 2 is 0.899 bits per heavy atom. The third-order valence-corrected chi connectivity index (χ3v) is 16.1. The van der Waals surface area contributed by atoms with Gasteiger partial charge >= 0.3 is 17.9 Å². The lowest BCUT2D eigenvalue weighted by molar-refractivity contribution is -0.152. The fraction of sp³-hybridized carbons (Fsp3) is 0.543. The van der Waals surface area contributed by atoms with Crippen LogP contribution in [0.15, 0.2) is 119 Å². The predicted octanol–water partition coefficient (Wildman–Crippen LogP) is 10.9. The fourth-order valence-electron chi connectivity index (χ4n) is 12.2. The van der Waals surface area contributed by atoms with Crippen LogP contribution in [-0.4, -0.2) is 136 Å². The lowest BCUT2D eigenvalue weighted by Crippen LogP contribution is -2.24. The van der Waals surface area contributed by atoms with Gasteiger partial charge in [-0.25, -0.2) is 0 Å².